The summed E-state index contributed by atoms with van der Waals surface area (Å²) in [5, 5.41) is 2.79. The third-order valence-corrected chi connectivity index (χ3v) is 8.15. The zero-order valence-corrected chi connectivity index (χ0v) is 24.2. The van der Waals surface area contributed by atoms with E-state index in [4.69, 9.17) is 0 Å². The third-order valence-electron chi connectivity index (χ3n) is 6.36. The summed E-state index contributed by atoms with van der Waals surface area (Å²) in [6.45, 7) is 6.77. The largest absolute Gasteiger partial charge is 0.416 e. The molecular formula is C30H34F3N3O4S. The van der Waals surface area contributed by atoms with E-state index >= 15 is 0 Å². The Labute approximate surface area is 239 Å². The highest BCUT2D eigenvalue weighted by Crippen LogP contribution is 2.33. The molecule has 3 rings (SSSR count). The van der Waals surface area contributed by atoms with E-state index in [1.165, 1.54) is 42.2 Å². The molecule has 0 spiro atoms. The number of alkyl halides is 3. The second-order valence-electron chi connectivity index (χ2n) is 10.2. The fourth-order valence-corrected chi connectivity index (χ4v) is 5.56. The minimum atomic E-state index is -4.73. The number of carbonyl (C=O) groups is 2. The molecule has 41 heavy (non-hydrogen) atoms. The SMILES string of the molecule is Cc1cccc(CN(C(=O)CN(c2cccc(C(F)(F)F)c2)S(=O)(=O)c2ccccc2)[C@H](C)C(=O)NCC(C)C)c1. The Morgan fingerprint density at radius 2 is 1.56 bits per heavy atom. The molecule has 0 heterocycles. The molecule has 0 unspecified atom stereocenters. The van der Waals surface area contributed by atoms with Gasteiger partial charge in [0.15, 0.2) is 0 Å². The highest BCUT2D eigenvalue weighted by atomic mass is 32.2. The predicted octanol–water partition coefficient (Wildman–Crippen LogP) is 5.40. The van der Waals surface area contributed by atoms with Crippen LogP contribution in [0.1, 0.15) is 37.5 Å². The lowest BCUT2D eigenvalue weighted by Crippen LogP contribution is -2.51. The molecule has 1 atom stereocenters. The van der Waals surface area contributed by atoms with E-state index in [9.17, 15) is 31.2 Å². The number of anilines is 1. The van der Waals surface area contributed by atoms with Crippen molar-refractivity contribution in [3.8, 4) is 0 Å². The van der Waals surface area contributed by atoms with Gasteiger partial charge in [0.1, 0.15) is 12.6 Å². The summed E-state index contributed by atoms with van der Waals surface area (Å²) in [4.78, 5) is 27.9. The van der Waals surface area contributed by atoms with Crippen molar-refractivity contribution < 1.29 is 31.2 Å². The second-order valence-corrected chi connectivity index (χ2v) is 12.1. The number of nitrogens with one attached hydrogen (secondary N) is 1. The van der Waals surface area contributed by atoms with Crippen molar-refractivity contribution in [3.63, 3.8) is 0 Å². The minimum absolute atomic E-state index is 0.0153. The van der Waals surface area contributed by atoms with Gasteiger partial charge in [0.05, 0.1) is 16.1 Å². The Hall–Kier alpha value is -3.86. The second kappa shape index (κ2) is 13.2. The average Bonchev–Trinajstić information content (AvgIpc) is 2.92. The van der Waals surface area contributed by atoms with E-state index in [1.807, 2.05) is 32.9 Å². The van der Waals surface area contributed by atoms with E-state index in [1.54, 1.807) is 18.2 Å². The number of benzene rings is 3. The van der Waals surface area contributed by atoms with Crippen LogP contribution in [0.4, 0.5) is 18.9 Å². The van der Waals surface area contributed by atoms with Crippen LogP contribution in [0.25, 0.3) is 0 Å². The Balaban J connectivity index is 2.06. The fraction of sp³-hybridized carbons (Fsp3) is 0.333. The summed E-state index contributed by atoms with van der Waals surface area (Å²) in [6, 6.07) is 17.2. The number of halogens is 3. The van der Waals surface area contributed by atoms with Gasteiger partial charge in [0.25, 0.3) is 10.0 Å². The molecule has 0 radical (unpaired) electrons. The van der Waals surface area contributed by atoms with Crippen molar-refractivity contribution in [2.75, 3.05) is 17.4 Å². The molecule has 3 aromatic carbocycles. The van der Waals surface area contributed by atoms with Crippen molar-refractivity contribution >= 4 is 27.5 Å². The van der Waals surface area contributed by atoms with Gasteiger partial charge in [-0.1, -0.05) is 67.9 Å². The molecule has 0 bridgehead atoms. The molecule has 7 nitrogen and oxygen atoms in total. The van der Waals surface area contributed by atoms with E-state index in [0.717, 1.165) is 17.7 Å². The molecular weight excluding hydrogens is 555 g/mol. The normalized spacial score (nSPS) is 12.6. The number of rotatable bonds is 11. The van der Waals surface area contributed by atoms with E-state index in [0.29, 0.717) is 22.5 Å². The number of sulfonamides is 1. The maximum atomic E-state index is 13.9. The zero-order valence-electron chi connectivity index (χ0n) is 23.4. The molecule has 220 valence electrons. The number of nitrogens with zero attached hydrogens (tertiary/aromatic N) is 2. The van der Waals surface area contributed by atoms with E-state index in [2.05, 4.69) is 5.32 Å². The summed E-state index contributed by atoms with van der Waals surface area (Å²) in [7, 11) is -4.47. The topological polar surface area (TPSA) is 86.8 Å². The first-order valence-corrected chi connectivity index (χ1v) is 14.5. The predicted molar refractivity (Wildman–Crippen MR) is 151 cm³/mol. The van der Waals surface area contributed by atoms with E-state index < -0.39 is 46.2 Å². The lowest BCUT2D eigenvalue weighted by atomic mass is 10.1. The van der Waals surface area contributed by atoms with Gasteiger partial charge in [-0.15, -0.1) is 0 Å². The van der Waals surface area contributed by atoms with Crippen LogP contribution in [-0.2, 0) is 32.3 Å². The van der Waals surface area contributed by atoms with Crippen LogP contribution in [-0.4, -0.2) is 44.3 Å². The first-order valence-electron chi connectivity index (χ1n) is 13.1. The zero-order chi connectivity index (χ0) is 30.4. The smallest absolute Gasteiger partial charge is 0.354 e. The molecule has 0 fully saturated rings. The maximum Gasteiger partial charge on any atom is 0.416 e. The molecule has 0 aliphatic carbocycles. The van der Waals surface area contributed by atoms with Crippen LogP contribution in [0.5, 0.6) is 0 Å². The van der Waals surface area contributed by atoms with Crippen LogP contribution in [0, 0.1) is 12.8 Å². The molecule has 0 saturated carbocycles. The first kappa shape index (κ1) is 31.7. The quantitative estimate of drug-likeness (QED) is 0.325. The van der Waals surface area contributed by atoms with Gasteiger partial charge < -0.3 is 10.2 Å². The van der Waals surface area contributed by atoms with Gasteiger partial charge in [-0.2, -0.15) is 13.2 Å². The Kier molecular flexibility index (Phi) is 10.2. The van der Waals surface area contributed by atoms with Crippen molar-refractivity contribution in [3.05, 3.63) is 95.6 Å². The van der Waals surface area contributed by atoms with Crippen LogP contribution >= 0.6 is 0 Å². The average molecular weight is 590 g/mol. The van der Waals surface area contributed by atoms with Crippen molar-refractivity contribution in [2.24, 2.45) is 5.92 Å². The van der Waals surface area contributed by atoms with Gasteiger partial charge in [-0.3, -0.25) is 13.9 Å². The summed E-state index contributed by atoms with van der Waals surface area (Å²) < 4.78 is 68.8. The van der Waals surface area contributed by atoms with Gasteiger partial charge in [-0.25, -0.2) is 8.42 Å². The lowest BCUT2D eigenvalue weighted by Gasteiger charge is -2.32. The number of carbonyl (C=O) groups excluding carboxylic acids is 2. The molecule has 0 aliphatic heterocycles. The van der Waals surface area contributed by atoms with E-state index in [-0.39, 0.29) is 23.0 Å². The minimum Gasteiger partial charge on any atom is -0.354 e. The number of hydrogen-bond acceptors (Lipinski definition) is 4. The molecule has 0 aliphatic rings. The number of hydrogen-bond donors (Lipinski definition) is 1. The van der Waals surface area contributed by atoms with Crippen molar-refractivity contribution in [2.45, 2.75) is 51.4 Å². The molecule has 3 aromatic rings. The Bertz CT molecular complexity index is 1460. The molecule has 0 aromatic heterocycles. The van der Waals surface area contributed by atoms with Crippen LogP contribution in [0.3, 0.4) is 0 Å². The number of aryl methyl sites for hydroxylation is 1. The molecule has 1 N–H and O–H groups in total. The summed E-state index contributed by atoms with van der Waals surface area (Å²) in [6.07, 6.45) is -4.73. The van der Waals surface area contributed by atoms with Crippen LogP contribution in [0.2, 0.25) is 0 Å². The Morgan fingerprint density at radius 3 is 2.17 bits per heavy atom. The Morgan fingerprint density at radius 1 is 0.902 bits per heavy atom. The van der Waals surface area contributed by atoms with Gasteiger partial charge >= 0.3 is 6.18 Å². The lowest BCUT2D eigenvalue weighted by molar-refractivity contribution is -0.139. The van der Waals surface area contributed by atoms with Crippen LogP contribution < -0.4 is 9.62 Å². The highest BCUT2D eigenvalue weighted by molar-refractivity contribution is 7.92. The molecule has 0 saturated heterocycles. The maximum absolute atomic E-state index is 13.9. The van der Waals surface area contributed by atoms with Gasteiger partial charge in [0.2, 0.25) is 11.8 Å². The summed E-state index contributed by atoms with van der Waals surface area (Å²) >= 11 is 0. The fourth-order valence-electron chi connectivity index (χ4n) is 4.13. The molecule has 2 amide bonds. The summed E-state index contributed by atoms with van der Waals surface area (Å²) in [5.74, 6) is -1.04. The standard InChI is InChI=1S/C30H34F3N3O4S/c1-21(2)18-34-29(38)23(4)35(19-24-11-8-10-22(3)16-24)28(37)20-36(41(39,40)27-14-6-5-7-15-27)26-13-9-12-25(17-26)30(31,32)33/h5-17,21,23H,18-20H2,1-4H3,(H,34,38)/t23-/m1/s1. The monoisotopic (exact) mass is 589 g/mol. The van der Waals surface area contributed by atoms with Gasteiger partial charge in [-0.05, 0) is 55.7 Å². The van der Waals surface area contributed by atoms with Gasteiger partial charge in [0, 0.05) is 13.1 Å². The first-order chi connectivity index (χ1) is 19.2. The third kappa shape index (κ3) is 8.32. The number of amides is 2. The van der Waals surface area contributed by atoms with Crippen molar-refractivity contribution in [1.82, 2.24) is 10.2 Å². The van der Waals surface area contributed by atoms with Crippen molar-refractivity contribution in [1.29, 1.82) is 0 Å². The summed E-state index contributed by atoms with van der Waals surface area (Å²) in [5.41, 5.74) is 0.237. The highest BCUT2D eigenvalue weighted by Gasteiger charge is 2.35. The van der Waals surface area contributed by atoms with Crippen LogP contribution in [0.15, 0.2) is 83.8 Å². The molecule has 11 heteroatoms.